The summed E-state index contributed by atoms with van der Waals surface area (Å²) in [6, 6.07) is 6.94. The van der Waals surface area contributed by atoms with Crippen LogP contribution >= 0.6 is 0 Å². The van der Waals surface area contributed by atoms with Crippen molar-refractivity contribution in [1.29, 1.82) is 0 Å². The Morgan fingerprint density at radius 2 is 1.86 bits per heavy atom. The fourth-order valence-electron chi connectivity index (χ4n) is 2.36. The van der Waals surface area contributed by atoms with Gasteiger partial charge in [-0.2, -0.15) is 0 Å². The zero-order valence-electron chi connectivity index (χ0n) is 14.9. The fourth-order valence-corrected chi connectivity index (χ4v) is 2.36. The molecule has 0 saturated carbocycles. The molecule has 0 aliphatic carbocycles. The van der Waals surface area contributed by atoms with Gasteiger partial charge in [0.2, 0.25) is 0 Å². The summed E-state index contributed by atoms with van der Waals surface area (Å²) in [5.41, 5.74) is 2.64. The van der Waals surface area contributed by atoms with Gasteiger partial charge in [-0.3, -0.25) is 0 Å². The average molecular weight is 291 g/mol. The van der Waals surface area contributed by atoms with Gasteiger partial charge < -0.3 is 10.1 Å². The standard InChI is InChI=1S/C19H33NO/c1-8-11-20-17(14(2)3)13-21-18-12-15(4)9-10-16(18)19(5,6)7/h9-10,12,14,17,20H,8,11,13H2,1-7H3. The summed E-state index contributed by atoms with van der Waals surface area (Å²) < 4.78 is 6.20. The SMILES string of the molecule is CCCNC(COc1cc(C)ccc1C(C)(C)C)C(C)C. The Labute approximate surface area is 131 Å². The Morgan fingerprint density at radius 1 is 1.19 bits per heavy atom. The third kappa shape index (κ3) is 5.70. The van der Waals surface area contributed by atoms with Crippen LogP contribution in [0.1, 0.15) is 59.1 Å². The van der Waals surface area contributed by atoms with E-state index in [4.69, 9.17) is 4.74 Å². The quantitative estimate of drug-likeness (QED) is 0.786. The van der Waals surface area contributed by atoms with Gasteiger partial charge >= 0.3 is 0 Å². The van der Waals surface area contributed by atoms with Gasteiger partial charge in [-0.15, -0.1) is 0 Å². The predicted molar refractivity (Wildman–Crippen MR) is 92.3 cm³/mol. The summed E-state index contributed by atoms with van der Waals surface area (Å²) in [4.78, 5) is 0. The Bertz CT molecular complexity index is 432. The topological polar surface area (TPSA) is 21.3 Å². The molecule has 0 aromatic heterocycles. The van der Waals surface area contributed by atoms with Crippen LogP contribution in [0.5, 0.6) is 5.75 Å². The summed E-state index contributed by atoms with van der Waals surface area (Å²) in [6.45, 7) is 17.3. The van der Waals surface area contributed by atoms with E-state index in [9.17, 15) is 0 Å². The number of rotatable bonds is 7. The monoisotopic (exact) mass is 291 g/mol. The molecular weight excluding hydrogens is 258 g/mol. The average Bonchev–Trinajstić information content (AvgIpc) is 2.37. The zero-order valence-corrected chi connectivity index (χ0v) is 14.9. The van der Waals surface area contributed by atoms with Crippen molar-refractivity contribution < 1.29 is 4.74 Å². The Balaban J connectivity index is 2.84. The molecular formula is C19H33NO. The van der Waals surface area contributed by atoms with E-state index in [0.717, 1.165) is 25.3 Å². The first-order valence-corrected chi connectivity index (χ1v) is 8.23. The van der Waals surface area contributed by atoms with Gasteiger partial charge in [0, 0.05) is 6.04 Å². The van der Waals surface area contributed by atoms with Crippen LogP contribution in [0.3, 0.4) is 0 Å². The molecule has 0 heterocycles. The fraction of sp³-hybridized carbons (Fsp3) is 0.684. The minimum absolute atomic E-state index is 0.104. The van der Waals surface area contributed by atoms with E-state index < -0.39 is 0 Å². The molecule has 1 aromatic carbocycles. The smallest absolute Gasteiger partial charge is 0.123 e. The summed E-state index contributed by atoms with van der Waals surface area (Å²) in [5.74, 6) is 1.60. The van der Waals surface area contributed by atoms with Crippen LogP contribution in [-0.4, -0.2) is 19.2 Å². The molecule has 0 saturated heterocycles. The van der Waals surface area contributed by atoms with Crippen molar-refractivity contribution in [3.8, 4) is 5.75 Å². The minimum atomic E-state index is 0.104. The van der Waals surface area contributed by atoms with Crippen LogP contribution in [0, 0.1) is 12.8 Å². The first-order valence-electron chi connectivity index (χ1n) is 8.23. The van der Waals surface area contributed by atoms with Crippen molar-refractivity contribution in [3.05, 3.63) is 29.3 Å². The number of nitrogens with one attached hydrogen (secondary N) is 1. The molecule has 21 heavy (non-hydrogen) atoms. The Hall–Kier alpha value is -1.02. The molecule has 0 amide bonds. The Kier molecular flexibility index (Phi) is 6.73. The van der Waals surface area contributed by atoms with E-state index in [0.29, 0.717) is 12.0 Å². The maximum atomic E-state index is 6.20. The third-order valence-corrected chi connectivity index (χ3v) is 3.82. The van der Waals surface area contributed by atoms with Gasteiger partial charge in [-0.05, 0) is 48.4 Å². The number of hydrogen-bond acceptors (Lipinski definition) is 2. The van der Waals surface area contributed by atoms with Crippen LogP contribution in [0.4, 0.5) is 0 Å². The molecule has 0 aliphatic heterocycles. The van der Waals surface area contributed by atoms with Crippen molar-refractivity contribution in [2.45, 2.75) is 66.3 Å². The van der Waals surface area contributed by atoms with Crippen molar-refractivity contribution >= 4 is 0 Å². The van der Waals surface area contributed by atoms with Gasteiger partial charge in [0.25, 0.3) is 0 Å². The third-order valence-electron chi connectivity index (χ3n) is 3.82. The van der Waals surface area contributed by atoms with Gasteiger partial charge in [0.05, 0.1) is 0 Å². The highest BCUT2D eigenvalue weighted by Crippen LogP contribution is 2.32. The van der Waals surface area contributed by atoms with E-state index in [1.165, 1.54) is 11.1 Å². The minimum Gasteiger partial charge on any atom is -0.492 e. The van der Waals surface area contributed by atoms with Crippen LogP contribution in [0.15, 0.2) is 18.2 Å². The molecule has 2 nitrogen and oxygen atoms in total. The molecule has 1 unspecified atom stereocenters. The maximum absolute atomic E-state index is 6.20. The molecule has 0 aliphatic rings. The van der Waals surface area contributed by atoms with Gasteiger partial charge in [0.1, 0.15) is 12.4 Å². The second-order valence-electron chi connectivity index (χ2n) is 7.37. The largest absolute Gasteiger partial charge is 0.492 e. The molecule has 2 heteroatoms. The lowest BCUT2D eigenvalue weighted by Crippen LogP contribution is -2.39. The van der Waals surface area contributed by atoms with Crippen LogP contribution in [-0.2, 0) is 5.41 Å². The Morgan fingerprint density at radius 3 is 2.38 bits per heavy atom. The number of hydrogen-bond donors (Lipinski definition) is 1. The van der Waals surface area contributed by atoms with E-state index in [1.807, 2.05) is 0 Å². The molecule has 120 valence electrons. The lowest BCUT2D eigenvalue weighted by atomic mass is 9.86. The first kappa shape index (κ1) is 18.0. The second kappa shape index (κ2) is 7.84. The van der Waals surface area contributed by atoms with E-state index in [-0.39, 0.29) is 5.41 Å². The van der Waals surface area contributed by atoms with E-state index in [2.05, 4.69) is 72.0 Å². The summed E-state index contributed by atoms with van der Waals surface area (Å²) in [5, 5.41) is 3.59. The molecule has 0 radical (unpaired) electrons. The van der Waals surface area contributed by atoms with Crippen molar-refractivity contribution in [2.24, 2.45) is 5.92 Å². The summed E-state index contributed by atoms with van der Waals surface area (Å²) in [6.07, 6.45) is 1.15. The maximum Gasteiger partial charge on any atom is 0.123 e. The normalized spacial score (nSPS) is 13.5. The van der Waals surface area contributed by atoms with E-state index >= 15 is 0 Å². The highest BCUT2D eigenvalue weighted by Gasteiger charge is 2.20. The molecule has 1 atom stereocenters. The predicted octanol–water partition coefficient (Wildman–Crippen LogP) is 4.70. The highest BCUT2D eigenvalue weighted by atomic mass is 16.5. The van der Waals surface area contributed by atoms with Crippen LogP contribution in [0.25, 0.3) is 0 Å². The van der Waals surface area contributed by atoms with Gasteiger partial charge in [-0.1, -0.05) is 53.7 Å². The van der Waals surface area contributed by atoms with E-state index in [1.54, 1.807) is 0 Å². The zero-order chi connectivity index (χ0) is 16.0. The van der Waals surface area contributed by atoms with Crippen molar-refractivity contribution in [2.75, 3.05) is 13.2 Å². The summed E-state index contributed by atoms with van der Waals surface area (Å²) in [7, 11) is 0. The molecule has 0 fully saturated rings. The number of benzene rings is 1. The second-order valence-corrected chi connectivity index (χ2v) is 7.37. The van der Waals surface area contributed by atoms with Crippen LogP contribution < -0.4 is 10.1 Å². The van der Waals surface area contributed by atoms with Crippen molar-refractivity contribution in [3.63, 3.8) is 0 Å². The van der Waals surface area contributed by atoms with Gasteiger partial charge in [0.15, 0.2) is 0 Å². The molecule has 1 N–H and O–H groups in total. The number of ether oxygens (including phenoxy) is 1. The molecule has 1 aromatic rings. The van der Waals surface area contributed by atoms with Crippen molar-refractivity contribution in [1.82, 2.24) is 5.32 Å². The van der Waals surface area contributed by atoms with Gasteiger partial charge in [-0.25, -0.2) is 0 Å². The van der Waals surface area contributed by atoms with Crippen LogP contribution in [0.2, 0.25) is 0 Å². The molecule has 0 spiro atoms. The summed E-state index contributed by atoms with van der Waals surface area (Å²) >= 11 is 0. The lowest BCUT2D eigenvalue weighted by molar-refractivity contribution is 0.226. The lowest BCUT2D eigenvalue weighted by Gasteiger charge is -2.26. The molecule has 0 bridgehead atoms. The number of aryl methyl sites for hydroxylation is 1. The first-order chi connectivity index (χ1) is 9.75. The highest BCUT2D eigenvalue weighted by molar-refractivity contribution is 5.41. The molecule has 1 rings (SSSR count).